The minimum Gasteiger partial charge on any atom is -0.493 e. The van der Waals surface area contributed by atoms with Gasteiger partial charge in [-0.3, -0.25) is 4.79 Å². The van der Waals surface area contributed by atoms with Crippen molar-refractivity contribution >= 4 is 11.0 Å². The summed E-state index contributed by atoms with van der Waals surface area (Å²) in [5, 5.41) is 0.604. The van der Waals surface area contributed by atoms with Gasteiger partial charge in [0.2, 0.25) is 0 Å². The zero-order valence-corrected chi connectivity index (χ0v) is 12.1. The van der Waals surface area contributed by atoms with Gasteiger partial charge in [0, 0.05) is 6.07 Å². The van der Waals surface area contributed by atoms with Crippen LogP contribution >= 0.6 is 0 Å². The molecule has 0 aliphatic carbocycles. The molecule has 0 spiro atoms. The average molecular weight is 280 g/mol. The third-order valence-electron chi connectivity index (χ3n) is 3.33. The fourth-order valence-electron chi connectivity index (χ4n) is 2.35. The molecule has 2 aromatic carbocycles. The fraction of sp³-hybridized carbons (Fsp3) is 0.167. The Morgan fingerprint density at radius 1 is 1.10 bits per heavy atom. The molecule has 0 amide bonds. The Morgan fingerprint density at radius 3 is 2.71 bits per heavy atom. The minimum atomic E-state index is -0.0405. The average Bonchev–Trinajstić information content (AvgIpc) is 2.49. The van der Waals surface area contributed by atoms with Gasteiger partial charge in [0.05, 0.1) is 17.6 Å². The quantitative estimate of drug-likeness (QED) is 0.723. The predicted octanol–water partition coefficient (Wildman–Crippen LogP) is 4.17. The van der Waals surface area contributed by atoms with E-state index in [1.54, 1.807) is 0 Å². The molecule has 106 valence electrons. The van der Waals surface area contributed by atoms with Gasteiger partial charge in [-0.15, -0.1) is 0 Å². The molecule has 0 fully saturated rings. The van der Waals surface area contributed by atoms with Crippen LogP contribution in [0, 0.1) is 6.92 Å². The first-order valence-electron chi connectivity index (χ1n) is 6.96. The van der Waals surface area contributed by atoms with Gasteiger partial charge in [-0.1, -0.05) is 23.8 Å². The molecule has 0 aliphatic heterocycles. The molecular formula is C18H16O3. The molecule has 3 heteroatoms. The monoisotopic (exact) mass is 280 g/mol. The molecule has 21 heavy (non-hydrogen) atoms. The highest BCUT2D eigenvalue weighted by molar-refractivity contribution is 5.80. The maximum absolute atomic E-state index is 12.3. The second-order valence-corrected chi connectivity index (χ2v) is 4.90. The van der Waals surface area contributed by atoms with E-state index in [0.717, 1.165) is 16.9 Å². The lowest BCUT2D eigenvalue weighted by Gasteiger charge is -2.09. The van der Waals surface area contributed by atoms with Crippen LogP contribution in [0.4, 0.5) is 0 Å². The van der Waals surface area contributed by atoms with E-state index < -0.39 is 0 Å². The van der Waals surface area contributed by atoms with Crippen LogP contribution in [-0.2, 0) is 0 Å². The lowest BCUT2D eigenvalue weighted by molar-refractivity contribution is 0.341. The normalized spacial score (nSPS) is 10.8. The maximum atomic E-state index is 12.3. The first-order valence-corrected chi connectivity index (χ1v) is 6.96. The lowest BCUT2D eigenvalue weighted by Crippen LogP contribution is -2.01. The van der Waals surface area contributed by atoms with Gasteiger partial charge >= 0.3 is 0 Å². The highest BCUT2D eigenvalue weighted by Gasteiger charge is 2.11. The van der Waals surface area contributed by atoms with Crippen molar-refractivity contribution in [2.45, 2.75) is 13.8 Å². The topological polar surface area (TPSA) is 39.4 Å². The number of rotatable bonds is 3. The number of ether oxygens (including phenoxy) is 1. The van der Waals surface area contributed by atoms with Crippen molar-refractivity contribution in [1.82, 2.24) is 0 Å². The van der Waals surface area contributed by atoms with E-state index in [0.29, 0.717) is 23.3 Å². The number of para-hydroxylation sites is 1. The SMILES string of the molecule is CCOc1ccccc1-c1cc(=O)c2cc(C)ccc2o1. The van der Waals surface area contributed by atoms with Gasteiger partial charge < -0.3 is 9.15 Å². The molecule has 0 bridgehead atoms. The largest absolute Gasteiger partial charge is 0.493 e. The molecule has 3 aromatic rings. The zero-order chi connectivity index (χ0) is 14.8. The highest BCUT2D eigenvalue weighted by atomic mass is 16.5. The second-order valence-electron chi connectivity index (χ2n) is 4.90. The molecule has 0 radical (unpaired) electrons. The smallest absolute Gasteiger partial charge is 0.193 e. The number of hydrogen-bond donors (Lipinski definition) is 0. The molecule has 0 N–H and O–H groups in total. The van der Waals surface area contributed by atoms with Crippen molar-refractivity contribution < 1.29 is 9.15 Å². The van der Waals surface area contributed by atoms with E-state index in [2.05, 4.69) is 0 Å². The Kier molecular flexibility index (Phi) is 3.48. The van der Waals surface area contributed by atoms with Gasteiger partial charge in [0.25, 0.3) is 0 Å². The summed E-state index contributed by atoms with van der Waals surface area (Å²) in [7, 11) is 0. The molecule has 0 saturated heterocycles. The van der Waals surface area contributed by atoms with Crippen LogP contribution in [0.2, 0.25) is 0 Å². The number of fused-ring (bicyclic) bond motifs is 1. The van der Waals surface area contributed by atoms with Gasteiger partial charge in [-0.2, -0.15) is 0 Å². The summed E-state index contributed by atoms with van der Waals surface area (Å²) in [6, 6.07) is 14.7. The summed E-state index contributed by atoms with van der Waals surface area (Å²) in [6.45, 7) is 4.45. The van der Waals surface area contributed by atoms with E-state index in [-0.39, 0.29) is 5.43 Å². The molecule has 0 unspecified atom stereocenters. The van der Waals surface area contributed by atoms with Crippen LogP contribution in [0.15, 0.2) is 57.7 Å². The summed E-state index contributed by atoms with van der Waals surface area (Å²) in [5.41, 5.74) is 2.38. The number of aryl methyl sites for hydroxylation is 1. The standard InChI is InChI=1S/C18H16O3/c1-3-20-16-7-5-4-6-13(16)18-11-15(19)14-10-12(2)8-9-17(14)21-18/h4-11H,3H2,1-2H3. The number of benzene rings is 2. The van der Waals surface area contributed by atoms with E-state index in [1.807, 2.05) is 56.3 Å². The first-order chi connectivity index (χ1) is 10.2. The lowest BCUT2D eigenvalue weighted by atomic mass is 10.1. The van der Waals surface area contributed by atoms with Crippen molar-refractivity contribution in [2.75, 3.05) is 6.61 Å². The van der Waals surface area contributed by atoms with E-state index in [4.69, 9.17) is 9.15 Å². The zero-order valence-electron chi connectivity index (χ0n) is 12.1. The Labute approximate surface area is 122 Å². The Hall–Kier alpha value is -2.55. The van der Waals surface area contributed by atoms with Crippen LogP contribution in [0.5, 0.6) is 5.75 Å². The van der Waals surface area contributed by atoms with E-state index in [1.165, 1.54) is 6.07 Å². The van der Waals surface area contributed by atoms with Crippen molar-refractivity contribution in [3.8, 4) is 17.1 Å². The van der Waals surface area contributed by atoms with Gasteiger partial charge in [0.15, 0.2) is 5.43 Å². The number of hydrogen-bond acceptors (Lipinski definition) is 3. The summed E-state index contributed by atoms with van der Waals surface area (Å²) in [6.07, 6.45) is 0. The van der Waals surface area contributed by atoms with Crippen LogP contribution < -0.4 is 10.2 Å². The van der Waals surface area contributed by atoms with Crippen LogP contribution in [0.1, 0.15) is 12.5 Å². The predicted molar refractivity (Wildman–Crippen MR) is 83.8 cm³/mol. The first kappa shape index (κ1) is 13.4. The molecule has 0 atom stereocenters. The van der Waals surface area contributed by atoms with Crippen molar-refractivity contribution in [3.63, 3.8) is 0 Å². The summed E-state index contributed by atoms with van der Waals surface area (Å²) in [5.74, 6) is 1.25. The summed E-state index contributed by atoms with van der Waals surface area (Å²) in [4.78, 5) is 12.3. The summed E-state index contributed by atoms with van der Waals surface area (Å²) >= 11 is 0. The molecular weight excluding hydrogens is 264 g/mol. The van der Waals surface area contributed by atoms with E-state index >= 15 is 0 Å². The molecule has 1 heterocycles. The third kappa shape index (κ3) is 2.55. The van der Waals surface area contributed by atoms with Gasteiger partial charge in [-0.25, -0.2) is 0 Å². The van der Waals surface area contributed by atoms with Crippen molar-refractivity contribution in [2.24, 2.45) is 0 Å². The second kappa shape index (κ2) is 5.44. The van der Waals surface area contributed by atoms with E-state index in [9.17, 15) is 4.79 Å². The maximum Gasteiger partial charge on any atom is 0.193 e. The van der Waals surface area contributed by atoms with Crippen molar-refractivity contribution in [1.29, 1.82) is 0 Å². The Morgan fingerprint density at radius 2 is 1.90 bits per heavy atom. The van der Waals surface area contributed by atoms with Crippen LogP contribution in [0.25, 0.3) is 22.3 Å². The van der Waals surface area contributed by atoms with Crippen molar-refractivity contribution in [3.05, 3.63) is 64.3 Å². The molecule has 3 rings (SSSR count). The summed E-state index contributed by atoms with van der Waals surface area (Å²) < 4.78 is 11.5. The molecule has 1 aromatic heterocycles. The molecule has 3 nitrogen and oxygen atoms in total. The highest BCUT2D eigenvalue weighted by Crippen LogP contribution is 2.30. The molecule has 0 saturated carbocycles. The van der Waals surface area contributed by atoms with Gasteiger partial charge in [0.1, 0.15) is 17.1 Å². The third-order valence-corrected chi connectivity index (χ3v) is 3.33. The van der Waals surface area contributed by atoms with Gasteiger partial charge in [-0.05, 0) is 38.1 Å². The Balaban J connectivity index is 2.22. The minimum absolute atomic E-state index is 0.0405. The van der Waals surface area contributed by atoms with Crippen LogP contribution in [-0.4, -0.2) is 6.61 Å². The molecule has 0 aliphatic rings. The van der Waals surface area contributed by atoms with Crippen LogP contribution in [0.3, 0.4) is 0 Å². The Bertz CT molecular complexity index is 846. The fourth-order valence-corrected chi connectivity index (χ4v) is 2.35.